The standard InChI is InChI=1S/C19H17Cl2NO2/c1-12-9-22(10-16-17(20)4-3-5-18(16)21)19-8-14(6-7-15(12)19)11-24-13(2)23/h3-9H,10-11H2,1-2H3. The molecule has 0 aliphatic rings. The van der Waals surface area contributed by atoms with Crippen molar-refractivity contribution in [3.05, 3.63) is 69.3 Å². The number of benzene rings is 2. The van der Waals surface area contributed by atoms with Crippen molar-refractivity contribution in [1.82, 2.24) is 4.57 Å². The van der Waals surface area contributed by atoms with Crippen molar-refractivity contribution in [2.75, 3.05) is 0 Å². The highest BCUT2D eigenvalue weighted by Crippen LogP contribution is 2.28. The Kier molecular flexibility index (Phi) is 4.83. The van der Waals surface area contributed by atoms with Gasteiger partial charge in [-0.1, -0.05) is 41.4 Å². The number of nitrogens with zero attached hydrogens (tertiary/aromatic N) is 1. The van der Waals surface area contributed by atoms with Crippen LogP contribution in [-0.2, 0) is 22.7 Å². The Bertz CT molecular complexity index is 895. The molecule has 0 unspecified atom stereocenters. The maximum atomic E-state index is 11.0. The topological polar surface area (TPSA) is 31.2 Å². The number of fused-ring (bicyclic) bond motifs is 1. The maximum Gasteiger partial charge on any atom is 0.302 e. The third kappa shape index (κ3) is 3.42. The summed E-state index contributed by atoms with van der Waals surface area (Å²) in [6.07, 6.45) is 2.08. The molecule has 0 atom stereocenters. The van der Waals surface area contributed by atoms with E-state index >= 15 is 0 Å². The third-order valence-electron chi connectivity index (χ3n) is 3.98. The second kappa shape index (κ2) is 6.88. The van der Waals surface area contributed by atoms with Crippen molar-refractivity contribution >= 4 is 40.1 Å². The Labute approximate surface area is 150 Å². The number of aromatic nitrogens is 1. The average Bonchev–Trinajstić information content (AvgIpc) is 2.85. The van der Waals surface area contributed by atoms with Crippen molar-refractivity contribution in [3.63, 3.8) is 0 Å². The molecule has 2 aromatic carbocycles. The summed E-state index contributed by atoms with van der Waals surface area (Å²) < 4.78 is 7.21. The van der Waals surface area contributed by atoms with Gasteiger partial charge in [-0.05, 0) is 36.2 Å². The summed E-state index contributed by atoms with van der Waals surface area (Å²) >= 11 is 12.6. The molecule has 5 heteroatoms. The van der Waals surface area contributed by atoms with Gasteiger partial charge in [-0.3, -0.25) is 4.79 Å². The highest BCUT2D eigenvalue weighted by Gasteiger charge is 2.11. The summed E-state index contributed by atoms with van der Waals surface area (Å²) in [6.45, 7) is 4.33. The van der Waals surface area contributed by atoms with Crippen LogP contribution < -0.4 is 0 Å². The molecule has 0 amide bonds. The van der Waals surface area contributed by atoms with Crippen LogP contribution in [0.2, 0.25) is 10.0 Å². The molecule has 0 aliphatic heterocycles. The number of carbonyl (C=O) groups is 1. The summed E-state index contributed by atoms with van der Waals surface area (Å²) in [6, 6.07) is 11.6. The predicted molar refractivity (Wildman–Crippen MR) is 97.7 cm³/mol. The molecule has 0 radical (unpaired) electrons. The van der Waals surface area contributed by atoms with Gasteiger partial charge in [-0.15, -0.1) is 0 Å². The summed E-state index contributed by atoms with van der Waals surface area (Å²) in [4.78, 5) is 11.0. The first-order valence-corrected chi connectivity index (χ1v) is 8.36. The molecule has 3 aromatic rings. The number of aryl methyl sites for hydroxylation is 1. The van der Waals surface area contributed by atoms with E-state index in [0.29, 0.717) is 16.6 Å². The van der Waals surface area contributed by atoms with E-state index in [-0.39, 0.29) is 12.6 Å². The van der Waals surface area contributed by atoms with Crippen molar-refractivity contribution in [3.8, 4) is 0 Å². The first-order valence-electron chi connectivity index (χ1n) is 7.60. The van der Waals surface area contributed by atoms with Crippen molar-refractivity contribution in [2.24, 2.45) is 0 Å². The van der Waals surface area contributed by atoms with Gasteiger partial charge in [0, 0.05) is 39.6 Å². The largest absolute Gasteiger partial charge is 0.461 e. The van der Waals surface area contributed by atoms with Crippen LogP contribution in [-0.4, -0.2) is 10.5 Å². The Morgan fingerprint density at radius 1 is 1.17 bits per heavy atom. The fourth-order valence-corrected chi connectivity index (χ4v) is 3.30. The molecule has 24 heavy (non-hydrogen) atoms. The van der Waals surface area contributed by atoms with E-state index in [1.807, 2.05) is 36.4 Å². The third-order valence-corrected chi connectivity index (χ3v) is 4.69. The molecular formula is C19H17Cl2NO2. The van der Waals surface area contributed by atoms with Crippen LogP contribution in [0.25, 0.3) is 10.9 Å². The smallest absolute Gasteiger partial charge is 0.302 e. The van der Waals surface area contributed by atoms with E-state index in [0.717, 1.165) is 22.0 Å². The first kappa shape index (κ1) is 16.9. The number of hydrogen-bond donors (Lipinski definition) is 0. The SMILES string of the molecule is CC(=O)OCc1ccc2c(C)cn(Cc3c(Cl)cccc3Cl)c2c1. The van der Waals surface area contributed by atoms with Gasteiger partial charge in [0.15, 0.2) is 0 Å². The fourth-order valence-electron chi connectivity index (χ4n) is 2.78. The molecule has 1 heterocycles. The molecule has 124 valence electrons. The number of rotatable bonds is 4. The lowest BCUT2D eigenvalue weighted by molar-refractivity contribution is -0.142. The van der Waals surface area contributed by atoms with Gasteiger partial charge < -0.3 is 9.30 Å². The second-order valence-corrected chi connectivity index (χ2v) is 6.59. The first-order chi connectivity index (χ1) is 11.5. The minimum atomic E-state index is -0.287. The molecule has 0 N–H and O–H groups in total. The predicted octanol–water partition coefficient (Wildman–Crippen LogP) is 5.37. The summed E-state index contributed by atoms with van der Waals surface area (Å²) in [7, 11) is 0. The normalized spacial score (nSPS) is 11.0. The Morgan fingerprint density at radius 3 is 2.54 bits per heavy atom. The quantitative estimate of drug-likeness (QED) is 0.585. The van der Waals surface area contributed by atoms with E-state index in [4.69, 9.17) is 27.9 Å². The van der Waals surface area contributed by atoms with Crippen LogP contribution in [0.4, 0.5) is 0 Å². The summed E-state index contributed by atoms with van der Waals surface area (Å²) in [5.74, 6) is -0.287. The Hall–Kier alpha value is -1.97. The fraction of sp³-hybridized carbons (Fsp3) is 0.211. The second-order valence-electron chi connectivity index (χ2n) is 5.77. The van der Waals surface area contributed by atoms with Crippen LogP contribution >= 0.6 is 23.2 Å². The van der Waals surface area contributed by atoms with Crippen molar-refractivity contribution < 1.29 is 9.53 Å². The summed E-state index contributed by atoms with van der Waals surface area (Å²) in [5.41, 5.74) is 4.07. The lowest BCUT2D eigenvalue weighted by Crippen LogP contribution is -2.01. The summed E-state index contributed by atoms with van der Waals surface area (Å²) in [5, 5.41) is 2.46. The molecule has 3 nitrogen and oxygen atoms in total. The monoisotopic (exact) mass is 361 g/mol. The van der Waals surface area contributed by atoms with E-state index in [9.17, 15) is 4.79 Å². The molecule has 3 rings (SSSR count). The molecule has 0 spiro atoms. The average molecular weight is 362 g/mol. The van der Waals surface area contributed by atoms with Gasteiger partial charge in [-0.2, -0.15) is 0 Å². The van der Waals surface area contributed by atoms with Gasteiger partial charge in [-0.25, -0.2) is 0 Å². The number of esters is 1. The number of hydrogen-bond acceptors (Lipinski definition) is 2. The maximum absolute atomic E-state index is 11.0. The molecular weight excluding hydrogens is 345 g/mol. The number of ether oxygens (including phenoxy) is 1. The van der Waals surface area contributed by atoms with Gasteiger partial charge in [0.05, 0.1) is 6.54 Å². The molecule has 0 aliphatic carbocycles. The van der Waals surface area contributed by atoms with Gasteiger partial charge >= 0.3 is 5.97 Å². The zero-order chi connectivity index (χ0) is 17.3. The van der Waals surface area contributed by atoms with Gasteiger partial charge in [0.2, 0.25) is 0 Å². The lowest BCUT2D eigenvalue weighted by Gasteiger charge is -2.10. The molecule has 1 aromatic heterocycles. The van der Waals surface area contributed by atoms with E-state index in [1.54, 1.807) is 0 Å². The van der Waals surface area contributed by atoms with E-state index < -0.39 is 0 Å². The minimum absolute atomic E-state index is 0.266. The van der Waals surface area contributed by atoms with E-state index in [1.165, 1.54) is 12.5 Å². The molecule has 0 saturated carbocycles. The van der Waals surface area contributed by atoms with Crippen molar-refractivity contribution in [2.45, 2.75) is 27.0 Å². The van der Waals surface area contributed by atoms with Crippen molar-refractivity contribution in [1.29, 1.82) is 0 Å². The molecule has 0 saturated heterocycles. The highest BCUT2D eigenvalue weighted by atomic mass is 35.5. The Balaban J connectivity index is 2.01. The number of halogens is 2. The zero-order valence-corrected chi connectivity index (χ0v) is 15.0. The zero-order valence-electron chi connectivity index (χ0n) is 13.5. The molecule has 0 bridgehead atoms. The van der Waals surface area contributed by atoms with Gasteiger partial charge in [0.1, 0.15) is 6.61 Å². The number of carbonyl (C=O) groups excluding carboxylic acids is 1. The van der Waals surface area contributed by atoms with Crippen LogP contribution in [0, 0.1) is 6.92 Å². The van der Waals surface area contributed by atoms with E-state index in [2.05, 4.69) is 17.7 Å². The van der Waals surface area contributed by atoms with Crippen LogP contribution in [0.15, 0.2) is 42.6 Å². The van der Waals surface area contributed by atoms with Crippen LogP contribution in [0.1, 0.15) is 23.6 Å². The van der Waals surface area contributed by atoms with Gasteiger partial charge in [0.25, 0.3) is 0 Å². The van der Waals surface area contributed by atoms with Crippen LogP contribution in [0.5, 0.6) is 0 Å². The molecule has 0 fully saturated rings. The van der Waals surface area contributed by atoms with Crippen LogP contribution in [0.3, 0.4) is 0 Å². The highest BCUT2D eigenvalue weighted by molar-refractivity contribution is 6.36. The Morgan fingerprint density at radius 2 is 1.88 bits per heavy atom. The lowest BCUT2D eigenvalue weighted by atomic mass is 10.1. The minimum Gasteiger partial charge on any atom is -0.461 e.